The van der Waals surface area contributed by atoms with Gasteiger partial charge < -0.3 is 15.4 Å². The molecule has 0 aromatic heterocycles. The molecule has 0 radical (unpaired) electrons. The monoisotopic (exact) mass is 358 g/mol. The molecule has 1 atom stereocenters. The number of likely N-dealkylation sites (tertiary alicyclic amines) is 1. The third-order valence-electron chi connectivity index (χ3n) is 5.58. The summed E-state index contributed by atoms with van der Waals surface area (Å²) in [5.41, 5.74) is 2.48. The van der Waals surface area contributed by atoms with Crippen molar-refractivity contribution in [2.24, 2.45) is 4.99 Å². The van der Waals surface area contributed by atoms with Crippen molar-refractivity contribution in [3.63, 3.8) is 0 Å². The average molecular weight is 359 g/mol. The smallest absolute Gasteiger partial charge is 0.191 e. The maximum atomic E-state index is 5.45. The van der Waals surface area contributed by atoms with Crippen LogP contribution in [-0.4, -0.2) is 49.7 Å². The van der Waals surface area contributed by atoms with Gasteiger partial charge in [0.1, 0.15) is 0 Å². The second-order valence-electron chi connectivity index (χ2n) is 7.44. The SMILES string of the molecule is CCOCc1ccc(CNC(=NC)NC2CCN(C3CCCC3)C2)cc1. The van der Waals surface area contributed by atoms with Crippen LogP contribution in [0.2, 0.25) is 0 Å². The van der Waals surface area contributed by atoms with Crippen molar-refractivity contribution in [3.8, 4) is 0 Å². The van der Waals surface area contributed by atoms with E-state index in [-0.39, 0.29) is 0 Å². The standard InChI is InChI=1S/C21H34N4O/c1-3-26-16-18-10-8-17(9-11-18)14-23-21(22-2)24-19-12-13-25(15-19)20-6-4-5-7-20/h8-11,19-20H,3-7,12-16H2,1-2H3,(H2,22,23,24). The minimum atomic E-state index is 0.510. The minimum absolute atomic E-state index is 0.510. The minimum Gasteiger partial charge on any atom is -0.377 e. The zero-order valence-electron chi connectivity index (χ0n) is 16.3. The lowest BCUT2D eigenvalue weighted by atomic mass is 10.1. The number of nitrogens with zero attached hydrogens (tertiary/aromatic N) is 2. The van der Waals surface area contributed by atoms with E-state index in [2.05, 4.69) is 44.8 Å². The van der Waals surface area contributed by atoms with Gasteiger partial charge in [-0.05, 0) is 37.3 Å². The number of ether oxygens (including phenoxy) is 1. The molecule has 1 unspecified atom stereocenters. The fourth-order valence-corrected chi connectivity index (χ4v) is 4.05. The van der Waals surface area contributed by atoms with Crippen LogP contribution in [0.4, 0.5) is 0 Å². The Morgan fingerprint density at radius 1 is 1.15 bits per heavy atom. The van der Waals surface area contributed by atoms with Crippen molar-refractivity contribution >= 4 is 5.96 Å². The fraction of sp³-hybridized carbons (Fsp3) is 0.667. The first-order valence-corrected chi connectivity index (χ1v) is 10.1. The molecule has 26 heavy (non-hydrogen) atoms. The Balaban J connectivity index is 1.42. The first kappa shape index (κ1) is 19.2. The van der Waals surface area contributed by atoms with Crippen molar-refractivity contribution < 1.29 is 4.74 Å². The second kappa shape index (κ2) is 9.93. The van der Waals surface area contributed by atoms with E-state index in [4.69, 9.17) is 4.74 Å². The number of hydrogen-bond donors (Lipinski definition) is 2. The highest BCUT2D eigenvalue weighted by atomic mass is 16.5. The summed E-state index contributed by atoms with van der Waals surface area (Å²) in [6.07, 6.45) is 6.80. The number of hydrogen-bond acceptors (Lipinski definition) is 3. The Labute approximate surface area is 158 Å². The maximum absolute atomic E-state index is 5.45. The molecule has 0 spiro atoms. The lowest BCUT2D eigenvalue weighted by Crippen LogP contribution is -2.45. The topological polar surface area (TPSA) is 48.9 Å². The van der Waals surface area contributed by atoms with E-state index in [1.807, 2.05) is 14.0 Å². The summed E-state index contributed by atoms with van der Waals surface area (Å²) in [6, 6.07) is 9.93. The van der Waals surface area contributed by atoms with E-state index in [1.165, 1.54) is 49.8 Å². The number of guanidine groups is 1. The van der Waals surface area contributed by atoms with Gasteiger partial charge in [0.25, 0.3) is 0 Å². The van der Waals surface area contributed by atoms with Crippen LogP contribution in [0.3, 0.4) is 0 Å². The van der Waals surface area contributed by atoms with Crippen molar-refractivity contribution in [3.05, 3.63) is 35.4 Å². The van der Waals surface area contributed by atoms with Gasteiger partial charge in [0.15, 0.2) is 5.96 Å². The largest absolute Gasteiger partial charge is 0.377 e. The van der Waals surface area contributed by atoms with Gasteiger partial charge in [-0.15, -0.1) is 0 Å². The van der Waals surface area contributed by atoms with Gasteiger partial charge >= 0.3 is 0 Å². The molecule has 1 aliphatic carbocycles. The van der Waals surface area contributed by atoms with Crippen LogP contribution < -0.4 is 10.6 Å². The van der Waals surface area contributed by atoms with Gasteiger partial charge in [0, 0.05) is 45.4 Å². The van der Waals surface area contributed by atoms with Gasteiger partial charge in [-0.25, -0.2) is 0 Å². The van der Waals surface area contributed by atoms with Crippen LogP contribution in [0.25, 0.3) is 0 Å². The number of nitrogens with one attached hydrogen (secondary N) is 2. The molecule has 1 aliphatic heterocycles. The average Bonchev–Trinajstić information content (AvgIpc) is 3.35. The number of benzene rings is 1. The van der Waals surface area contributed by atoms with Gasteiger partial charge in [-0.1, -0.05) is 37.1 Å². The van der Waals surface area contributed by atoms with Crippen LogP contribution in [0.1, 0.15) is 50.2 Å². The van der Waals surface area contributed by atoms with Crippen molar-refractivity contribution in [2.75, 3.05) is 26.7 Å². The molecule has 2 aliphatic rings. The van der Waals surface area contributed by atoms with E-state index in [0.717, 1.165) is 31.7 Å². The van der Waals surface area contributed by atoms with E-state index < -0.39 is 0 Å². The highest BCUT2D eigenvalue weighted by molar-refractivity contribution is 5.80. The number of rotatable bonds is 7. The van der Waals surface area contributed by atoms with E-state index in [0.29, 0.717) is 12.6 Å². The van der Waals surface area contributed by atoms with Crippen LogP contribution in [0, 0.1) is 0 Å². The lowest BCUT2D eigenvalue weighted by Gasteiger charge is -2.24. The Morgan fingerprint density at radius 3 is 2.58 bits per heavy atom. The van der Waals surface area contributed by atoms with Gasteiger partial charge in [-0.3, -0.25) is 9.89 Å². The molecular formula is C21H34N4O. The molecule has 2 N–H and O–H groups in total. The highest BCUT2D eigenvalue weighted by Gasteiger charge is 2.30. The molecule has 1 saturated carbocycles. The van der Waals surface area contributed by atoms with Crippen molar-refractivity contribution in [1.82, 2.24) is 15.5 Å². The summed E-state index contributed by atoms with van der Waals surface area (Å²) in [5.74, 6) is 0.904. The zero-order valence-corrected chi connectivity index (χ0v) is 16.3. The summed E-state index contributed by atoms with van der Waals surface area (Å²) in [7, 11) is 1.85. The normalized spacial score (nSPS) is 22.1. The first-order valence-electron chi connectivity index (χ1n) is 10.1. The molecule has 144 valence electrons. The summed E-state index contributed by atoms with van der Waals surface area (Å²) in [5, 5.41) is 7.05. The van der Waals surface area contributed by atoms with Gasteiger partial charge in [0.2, 0.25) is 0 Å². The Kier molecular flexibility index (Phi) is 7.32. The third-order valence-corrected chi connectivity index (χ3v) is 5.58. The molecule has 5 heteroatoms. The Hall–Kier alpha value is -1.59. The molecule has 5 nitrogen and oxygen atoms in total. The van der Waals surface area contributed by atoms with E-state index in [9.17, 15) is 0 Å². The van der Waals surface area contributed by atoms with Crippen LogP contribution in [0.5, 0.6) is 0 Å². The molecule has 3 rings (SSSR count). The second-order valence-corrected chi connectivity index (χ2v) is 7.44. The van der Waals surface area contributed by atoms with Gasteiger partial charge in [0.05, 0.1) is 6.61 Å². The fourth-order valence-electron chi connectivity index (χ4n) is 4.05. The summed E-state index contributed by atoms with van der Waals surface area (Å²) in [4.78, 5) is 7.08. The Bertz CT molecular complexity index is 566. The van der Waals surface area contributed by atoms with Crippen LogP contribution in [-0.2, 0) is 17.9 Å². The summed E-state index contributed by atoms with van der Waals surface area (Å²) >= 11 is 0. The number of aliphatic imine (C=N–C) groups is 1. The van der Waals surface area contributed by atoms with Crippen molar-refractivity contribution in [2.45, 2.75) is 64.3 Å². The van der Waals surface area contributed by atoms with Crippen molar-refractivity contribution in [1.29, 1.82) is 0 Å². The predicted octanol–water partition coefficient (Wildman–Crippen LogP) is 2.91. The predicted molar refractivity (Wildman–Crippen MR) is 107 cm³/mol. The molecule has 1 saturated heterocycles. The molecular weight excluding hydrogens is 324 g/mol. The Morgan fingerprint density at radius 2 is 1.88 bits per heavy atom. The molecule has 1 aromatic carbocycles. The first-order chi connectivity index (χ1) is 12.8. The van der Waals surface area contributed by atoms with E-state index in [1.54, 1.807) is 0 Å². The molecule has 0 amide bonds. The zero-order chi connectivity index (χ0) is 18.2. The molecule has 0 bridgehead atoms. The highest BCUT2D eigenvalue weighted by Crippen LogP contribution is 2.26. The maximum Gasteiger partial charge on any atom is 0.191 e. The van der Waals surface area contributed by atoms with Crippen LogP contribution >= 0.6 is 0 Å². The molecule has 1 heterocycles. The van der Waals surface area contributed by atoms with Crippen LogP contribution in [0.15, 0.2) is 29.3 Å². The lowest BCUT2D eigenvalue weighted by molar-refractivity contribution is 0.134. The van der Waals surface area contributed by atoms with E-state index >= 15 is 0 Å². The summed E-state index contributed by atoms with van der Waals surface area (Å²) < 4.78 is 5.45. The molecule has 2 fully saturated rings. The molecule has 1 aromatic rings. The third kappa shape index (κ3) is 5.45. The quantitative estimate of drug-likeness (QED) is 0.581. The van der Waals surface area contributed by atoms with Gasteiger partial charge in [-0.2, -0.15) is 0 Å². The summed E-state index contributed by atoms with van der Waals surface area (Å²) in [6.45, 7) is 6.62.